The number of ether oxygens (including phenoxy) is 1. The van der Waals surface area contributed by atoms with Crippen LogP contribution in [0, 0.1) is 0 Å². The molecule has 24 heavy (non-hydrogen) atoms. The molecule has 4 rings (SSSR count). The van der Waals surface area contributed by atoms with Crippen molar-refractivity contribution in [3.8, 4) is 5.75 Å². The summed E-state index contributed by atoms with van der Waals surface area (Å²) in [7, 11) is 0. The maximum atomic E-state index is 12.7. The summed E-state index contributed by atoms with van der Waals surface area (Å²) in [4.78, 5) is 28.3. The third-order valence-electron chi connectivity index (χ3n) is 4.58. The zero-order chi connectivity index (χ0) is 16.5. The zero-order valence-corrected chi connectivity index (χ0v) is 13.3. The van der Waals surface area contributed by atoms with Crippen LogP contribution >= 0.6 is 0 Å². The highest BCUT2D eigenvalue weighted by Gasteiger charge is 2.29. The van der Waals surface area contributed by atoms with Crippen molar-refractivity contribution in [1.29, 1.82) is 0 Å². The van der Waals surface area contributed by atoms with Crippen molar-refractivity contribution >= 4 is 17.5 Å². The molecule has 0 aromatic heterocycles. The van der Waals surface area contributed by atoms with E-state index in [2.05, 4.69) is 12.1 Å². The smallest absolute Gasteiger partial charge is 0.265 e. The predicted octanol–water partition coefficient (Wildman–Crippen LogP) is 2.00. The monoisotopic (exact) mass is 322 g/mol. The number of carbonyl (C=O) groups is 2. The maximum Gasteiger partial charge on any atom is 0.265 e. The summed E-state index contributed by atoms with van der Waals surface area (Å²) < 4.78 is 5.42. The Morgan fingerprint density at radius 1 is 1.04 bits per heavy atom. The van der Waals surface area contributed by atoms with Crippen molar-refractivity contribution < 1.29 is 14.3 Å². The van der Waals surface area contributed by atoms with E-state index in [-0.39, 0.29) is 25.0 Å². The van der Waals surface area contributed by atoms with Gasteiger partial charge in [0.15, 0.2) is 6.61 Å². The molecule has 0 fully saturated rings. The molecule has 2 aliphatic heterocycles. The van der Waals surface area contributed by atoms with Crippen LogP contribution in [-0.2, 0) is 22.6 Å². The second-order valence-corrected chi connectivity index (χ2v) is 6.07. The predicted molar refractivity (Wildman–Crippen MR) is 89.9 cm³/mol. The lowest BCUT2D eigenvalue weighted by atomic mass is 10.00. The maximum absolute atomic E-state index is 12.7. The molecular weight excluding hydrogens is 304 g/mol. The summed E-state index contributed by atoms with van der Waals surface area (Å²) in [6.45, 7) is 1.33. The molecule has 0 N–H and O–H groups in total. The average Bonchev–Trinajstić information content (AvgIpc) is 2.63. The SMILES string of the molecule is O=C(CN1C(=O)COc2ccccc21)N1CCc2ccccc2C1. The number of hydrogen-bond donors (Lipinski definition) is 0. The molecule has 2 aromatic carbocycles. The molecule has 0 saturated carbocycles. The van der Waals surface area contributed by atoms with Crippen LogP contribution in [0.1, 0.15) is 11.1 Å². The minimum atomic E-state index is -0.181. The number of rotatable bonds is 2. The number of nitrogens with zero attached hydrogens (tertiary/aromatic N) is 2. The first-order valence-corrected chi connectivity index (χ1v) is 8.09. The van der Waals surface area contributed by atoms with Gasteiger partial charge >= 0.3 is 0 Å². The van der Waals surface area contributed by atoms with Crippen molar-refractivity contribution in [3.63, 3.8) is 0 Å². The van der Waals surface area contributed by atoms with Crippen LogP contribution < -0.4 is 9.64 Å². The zero-order valence-electron chi connectivity index (χ0n) is 13.3. The molecule has 2 heterocycles. The standard InChI is InChI=1S/C19H18N2O3/c22-18(20-10-9-14-5-1-2-6-15(14)11-20)12-21-16-7-3-4-8-17(16)24-13-19(21)23/h1-8H,9-13H2. The Hall–Kier alpha value is -2.82. The molecule has 5 nitrogen and oxygen atoms in total. The molecule has 0 unspecified atom stereocenters. The van der Waals surface area contributed by atoms with E-state index in [9.17, 15) is 9.59 Å². The lowest BCUT2D eigenvalue weighted by Crippen LogP contribution is -2.47. The van der Waals surface area contributed by atoms with E-state index in [0.29, 0.717) is 24.5 Å². The minimum absolute atomic E-state index is 0.0207. The van der Waals surface area contributed by atoms with Gasteiger partial charge in [0.2, 0.25) is 5.91 Å². The van der Waals surface area contributed by atoms with Crippen LogP contribution in [0.4, 0.5) is 5.69 Å². The largest absolute Gasteiger partial charge is 0.482 e. The minimum Gasteiger partial charge on any atom is -0.482 e. The lowest BCUT2D eigenvalue weighted by Gasteiger charge is -2.33. The summed E-state index contributed by atoms with van der Waals surface area (Å²) in [5.74, 6) is 0.433. The van der Waals surface area contributed by atoms with Crippen molar-refractivity contribution in [2.75, 3.05) is 24.6 Å². The summed E-state index contributed by atoms with van der Waals surface area (Å²) in [5, 5.41) is 0. The fourth-order valence-electron chi connectivity index (χ4n) is 3.27. The van der Waals surface area contributed by atoms with E-state index in [0.717, 1.165) is 6.42 Å². The second-order valence-electron chi connectivity index (χ2n) is 6.07. The Bertz CT molecular complexity index is 803. The second kappa shape index (κ2) is 6.00. The molecule has 0 bridgehead atoms. The van der Waals surface area contributed by atoms with Crippen molar-refractivity contribution in [2.45, 2.75) is 13.0 Å². The Labute approximate surface area is 140 Å². The van der Waals surface area contributed by atoms with Crippen LogP contribution in [0.5, 0.6) is 5.75 Å². The highest BCUT2D eigenvalue weighted by molar-refractivity contribution is 6.02. The number of hydrogen-bond acceptors (Lipinski definition) is 3. The summed E-state index contributed by atoms with van der Waals surface area (Å²) in [6.07, 6.45) is 0.857. The van der Waals surface area contributed by atoms with E-state index in [1.54, 1.807) is 0 Å². The first-order valence-electron chi connectivity index (χ1n) is 8.09. The molecule has 5 heteroatoms. The molecule has 0 aliphatic carbocycles. The number of anilines is 1. The molecule has 122 valence electrons. The van der Waals surface area contributed by atoms with Crippen molar-refractivity contribution in [3.05, 3.63) is 59.7 Å². The molecular formula is C19H18N2O3. The van der Waals surface area contributed by atoms with Gasteiger partial charge in [0, 0.05) is 13.1 Å². The van der Waals surface area contributed by atoms with Gasteiger partial charge in [0.05, 0.1) is 5.69 Å². The Kier molecular flexibility index (Phi) is 3.69. The van der Waals surface area contributed by atoms with Crippen LogP contribution in [0.3, 0.4) is 0 Å². The summed E-state index contributed by atoms with van der Waals surface area (Å²) in [5.41, 5.74) is 3.15. The van der Waals surface area contributed by atoms with Crippen molar-refractivity contribution in [1.82, 2.24) is 4.90 Å². The van der Waals surface area contributed by atoms with E-state index in [1.807, 2.05) is 41.3 Å². The third kappa shape index (κ3) is 2.62. The third-order valence-corrected chi connectivity index (χ3v) is 4.58. The van der Waals surface area contributed by atoms with Crippen molar-refractivity contribution in [2.24, 2.45) is 0 Å². The highest BCUT2D eigenvalue weighted by atomic mass is 16.5. The first kappa shape index (κ1) is 14.8. The summed E-state index contributed by atoms with van der Waals surface area (Å²) in [6, 6.07) is 15.5. The van der Waals surface area contributed by atoms with E-state index in [1.165, 1.54) is 16.0 Å². The van der Waals surface area contributed by atoms with Crippen LogP contribution in [0.15, 0.2) is 48.5 Å². The average molecular weight is 322 g/mol. The van der Waals surface area contributed by atoms with Gasteiger partial charge in [-0.25, -0.2) is 0 Å². The molecule has 2 aromatic rings. The number of carbonyl (C=O) groups excluding carboxylic acids is 2. The van der Waals surface area contributed by atoms with Gasteiger partial charge < -0.3 is 9.64 Å². The Balaban J connectivity index is 1.52. The molecule has 0 saturated heterocycles. The lowest BCUT2D eigenvalue weighted by molar-refractivity contribution is -0.132. The molecule has 0 radical (unpaired) electrons. The molecule has 2 aliphatic rings. The fourth-order valence-corrected chi connectivity index (χ4v) is 3.27. The molecule has 0 atom stereocenters. The van der Waals surface area contributed by atoms with E-state index < -0.39 is 0 Å². The molecule has 2 amide bonds. The topological polar surface area (TPSA) is 49.9 Å². The van der Waals surface area contributed by atoms with E-state index in [4.69, 9.17) is 4.74 Å². The normalized spacial score (nSPS) is 16.2. The van der Waals surface area contributed by atoms with Crippen LogP contribution in [0.2, 0.25) is 0 Å². The fraction of sp³-hybridized carbons (Fsp3) is 0.263. The number of para-hydroxylation sites is 2. The Morgan fingerprint density at radius 3 is 2.67 bits per heavy atom. The van der Waals surface area contributed by atoms with Gasteiger partial charge in [-0.3, -0.25) is 14.5 Å². The number of fused-ring (bicyclic) bond motifs is 2. The molecule has 0 spiro atoms. The van der Waals surface area contributed by atoms with Gasteiger partial charge in [-0.1, -0.05) is 36.4 Å². The first-order chi connectivity index (χ1) is 11.7. The van der Waals surface area contributed by atoms with Gasteiger partial charge in [-0.05, 0) is 29.7 Å². The van der Waals surface area contributed by atoms with Gasteiger partial charge in [0.1, 0.15) is 12.3 Å². The van der Waals surface area contributed by atoms with E-state index >= 15 is 0 Å². The van der Waals surface area contributed by atoms with Gasteiger partial charge in [-0.15, -0.1) is 0 Å². The summed E-state index contributed by atoms with van der Waals surface area (Å²) >= 11 is 0. The highest BCUT2D eigenvalue weighted by Crippen LogP contribution is 2.31. The van der Waals surface area contributed by atoms with Gasteiger partial charge in [-0.2, -0.15) is 0 Å². The Morgan fingerprint density at radius 2 is 1.79 bits per heavy atom. The quantitative estimate of drug-likeness (QED) is 0.850. The van der Waals surface area contributed by atoms with Gasteiger partial charge in [0.25, 0.3) is 5.91 Å². The number of benzene rings is 2. The van der Waals surface area contributed by atoms with Crippen LogP contribution in [-0.4, -0.2) is 36.4 Å². The van der Waals surface area contributed by atoms with Crippen LogP contribution in [0.25, 0.3) is 0 Å². The number of amides is 2.